The molecule has 2 aliphatic heterocycles. The van der Waals surface area contributed by atoms with Gasteiger partial charge in [0.05, 0.1) is 11.4 Å². The molecule has 0 fully saturated rings. The van der Waals surface area contributed by atoms with Crippen LogP contribution in [0.3, 0.4) is 0 Å². The van der Waals surface area contributed by atoms with Crippen LogP contribution < -0.4 is 26.2 Å². The Bertz CT molecular complexity index is 3860. The number of benzene rings is 8. The van der Waals surface area contributed by atoms with Crippen LogP contribution in [0, 0.1) is 0 Å². The molecule has 4 aliphatic rings. The summed E-state index contributed by atoms with van der Waals surface area (Å²) < 4.78 is 2.72. The zero-order chi connectivity index (χ0) is 53.2. The number of nitrogens with zero attached hydrogens (tertiary/aromatic N) is 2. The van der Waals surface area contributed by atoms with Gasteiger partial charge < -0.3 is 9.80 Å². The molecular formula is C72H75BN2S. The lowest BCUT2D eigenvalue weighted by molar-refractivity contribution is 0.332. The molecule has 0 radical (unpaired) electrons. The third-order valence-corrected chi connectivity index (χ3v) is 20.1. The molecule has 13 rings (SSSR count). The van der Waals surface area contributed by atoms with Gasteiger partial charge >= 0.3 is 0 Å². The molecule has 1 aromatic heterocycles. The Morgan fingerprint density at radius 2 is 1.04 bits per heavy atom. The van der Waals surface area contributed by atoms with Gasteiger partial charge in [0.15, 0.2) is 0 Å². The standard InChI is InChI=1S/C72H75BN2S/c1-67(2,3)47-28-32-58(50(40-47)45-24-19-16-20-25-45)75-61-39-46(44-22-17-15-18-23-44)38-60-64(61)73(56-31-33-62-63(65(56)75)49-26-21-27-52(66(49)76-62)68(4,5)6)57-42-54-55(72(13,14)37-36-71(54,11)12)43-59(57)74(60)48-29-30-51-53(41-48)70(9,10)35-34-69(51,7)8/h15-33,38-43H,34-37H2,1-14H3. The summed E-state index contributed by atoms with van der Waals surface area (Å²) in [6.07, 6.45) is 4.67. The average Bonchev–Trinajstić information content (AvgIpc) is 3.96. The van der Waals surface area contributed by atoms with Crippen molar-refractivity contribution in [2.24, 2.45) is 0 Å². The Balaban J connectivity index is 1.23. The van der Waals surface area contributed by atoms with Crippen LogP contribution in [0.15, 0.2) is 152 Å². The van der Waals surface area contributed by atoms with Crippen LogP contribution in [0.2, 0.25) is 0 Å². The molecule has 0 unspecified atom stereocenters. The second-order valence-corrected chi connectivity index (χ2v) is 28.9. The Morgan fingerprint density at radius 1 is 0.447 bits per heavy atom. The van der Waals surface area contributed by atoms with E-state index in [2.05, 4.69) is 258 Å². The highest BCUT2D eigenvalue weighted by atomic mass is 32.1. The van der Waals surface area contributed by atoms with Crippen LogP contribution in [-0.2, 0) is 32.5 Å². The lowest BCUT2D eigenvalue weighted by atomic mass is 9.33. The molecule has 0 spiro atoms. The van der Waals surface area contributed by atoms with Crippen molar-refractivity contribution in [1.29, 1.82) is 0 Å². The highest BCUT2D eigenvalue weighted by Crippen LogP contribution is 2.56. The van der Waals surface area contributed by atoms with Crippen molar-refractivity contribution in [3.8, 4) is 22.3 Å². The third-order valence-electron chi connectivity index (χ3n) is 18.9. The number of fused-ring (bicyclic) bond motifs is 10. The normalized spacial score (nSPS) is 17.7. The number of thiophene rings is 1. The molecular weight excluding hydrogens is 936 g/mol. The van der Waals surface area contributed by atoms with Crippen LogP contribution in [0.4, 0.5) is 34.1 Å². The molecule has 0 saturated heterocycles. The molecule has 0 N–H and O–H groups in total. The highest BCUT2D eigenvalue weighted by molar-refractivity contribution is 7.26. The fraction of sp³-hybridized carbons (Fsp3) is 0.333. The minimum atomic E-state index is -0.0517. The van der Waals surface area contributed by atoms with Crippen molar-refractivity contribution in [3.05, 3.63) is 185 Å². The predicted molar refractivity (Wildman–Crippen MR) is 332 cm³/mol. The Labute approximate surface area is 458 Å². The molecule has 0 atom stereocenters. The highest BCUT2D eigenvalue weighted by Gasteiger charge is 2.48. The van der Waals surface area contributed by atoms with Crippen molar-refractivity contribution < 1.29 is 0 Å². The summed E-state index contributed by atoms with van der Waals surface area (Å²) in [6, 6.07) is 60.0. The second-order valence-electron chi connectivity index (χ2n) is 27.9. The smallest absolute Gasteiger partial charge is 0.252 e. The van der Waals surface area contributed by atoms with Crippen LogP contribution in [-0.4, -0.2) is 6.71 Å². The summed E-state index contributed by atoms with van der Waals surface area (Å²) in [4.78, 5) is 5.47. The summed E-state index contributed by atoms with van der Waals surface area (Å²) in [5.41, 5.74) is 25.5. The van der Waals surface area contributed by atoms with Gasteiger partial charge in [-0.1, -0.05) is 200 Å². The monoisotopic (exact) mass is 1010 g/mol. The summed E-state index contributed by atoms with van der Waals surface area (Å²) >= 11 is 1.98. The molecule has 382 valence electrons. The minimum absolute atomic E-state index is 0.0194. The van der Waals surface area contributed by atoms with E-state index in [1.807, 2.05) is 11.3 Å². The molecule has 0 saturated carbocycles. The first-order valence-electron chi connectivity index (χ1n) is 28.3. The average molecular weight is 1010 g/mol. The maximum absolute atomic E-state index is 2.75. The molecule has 2 nitrogen and oxygen atoms in total. The molecule has 3 heterocycles. The Kier molecular flexibility index (Phi) is 10.7. The Morgan fingerprint density at radius 3 is 1.67 bits per heavy atom. The van der Waals surface area contributed by atoms with Crippen LogP contribution in [0.5, 0.6) is 0 Å². The molecule has 9 aromatic rings. The zero-order valence-corrected chi connectivity index (χ0v) is 48.5. The number of rotatable bonds is 4. The van der Waals surface area contributed by atoms with Gasteiger partial charge in [-0.3, -0.25) is 0 Å². The first-order valence-corrected chi connectivity index (χ1v) is 29.1. The van der Waals surface area contributed by atoms with E-state index in [-0.39, 0.29) is 39.2 Å². The van der Waals surface area contributed by atoms with Gasteiger partial charge in [0.2, 0.25) is 0 Å². The van der Waals surface area contributed by atoms with Gasteiger partial charge in [-0.2, -0.15) is 0 Å². The Hall–Kier alpha value is -6.36. The third kappa shape index (κ3) is 7.46. The largest absolute Gasteiger partial charge is 0.311 e. The van der Waals surface area contributed by atoms with E-state index in [0.29, 0.717) is 0 Å². The second kappa shape index (κ2) is 16.6. The summed E-state index contributed by atoms with van der Waals surface area (Å²) in [6.45, 7) is 34.0. The fourth-order valence-electron chi connectivity index (χ4n) is 14.1. The van der Waals surface area contributed by atoms with Gasteiger partial charge in [0.1, 0.15) is 0 Å². The lowest BCUT2D eigenvalue weighted by Crippen LogP contribution is -2.62. The lowest BCUT2D eigenvalue weighted by Gasteiger charge is -2.48. The number of hydrogen-bond donors (Lipinski definition) is 0. The van der Waals surface area contributed by atoms with Crippen LogP contribution in [0.25, 0.3) is 42.4 Å². The predicted octanol–water partition coefficient (Wildman–Crippen LogP) is 18.8. The first-order chi connectivity index (χ1) is 35.9. The van der Waals surface area contributed by atoms with Gasteiger partial charge in [-0.25, -0.2) is 0 Å². The van der Waals surface area contributed by atoms with Crippen molar-refractivity contribution in [2.45, 2.75) is 155 Å². The van der Waals surface area contributed by atoms with Crippen LogP contribution >= 0.6 is 11.3 Å². The van der Waals surface area contributed by atoms with Crippen LogP contribution in [0.1, 0.15) is 156 Å². The minimum Gasteiger partial charge on any atom is -0.311 e. The van der Waals surface area contributed by atoms with E-state index in [1.165, 1.54) is 133 Å². The maximum Gasteiger partial charge on any atom is 0.252 e. The van der Waals surface area contributed by atoms with Gasteiger partial charge in [0.25, 0.3) is 6.71 Å². The van der Waals surface area contributed by atoms with E-state index in [0.717, 1.165) is 19.3 Å². The molecule has 0 bridgehead atoms. The quantitative estimate of drug-likeness (QED) is 0.162. The maximum atomic E-state index is 2.75. The molecule has 4 heteroatoms. The van der Waals surface area contributed by atoms with Crippen molar-refractivity contribution >= 4 is 88.7 Å². The zero-order valence-electron chi connectivity index (χ0n) is 47.6. The van der Waals surface area contributed by atoms with Crippen molar-refractivity contribution in [2.75, 3.05) is 9.80 Å². The summed E-state index contributed by atoms with van der Waals surface area (Å²) in [7, 11) is 0. The number of hydrogen-bond acceptors (Lipinski definition) is 3. The van der Waals surface area contributed by atoms with Gasteiger partial charge in [-0.15, -0.1) is 11.3 Å². The molecule has 2 aliphatic carbocycles. The van der Waals surface area contributed by atoms with E-state index in [4.69, 9.17) is 0 Å². The van der Waals surface area contributed by atoms with E-state index in [1.54, 1.807) is 0 Å². The molecule has 76 heavy (non-hydrogen) atoms. The van der Waals surface area contributed by atoms with Gasteiger partial charge in [-0.05, 0) is 173 Å². The van der Waals surface area contributed by atoms with E-state index in [9.17, 15) is 0 Å². The summed E-state index contributed by atoms with van der Waals surface area (Å²) in [5.74, 6) is 0. The van der Waals surface area contributed by atoms with Crippen molar-refractivity contribution in [1.82, 2.24) is 0 Å². The SMILES string of the molecule is CC(C)(C)c1ccc(N2c3cc(-c4ccccc4)cc4c3B(c3cc5c(cc3N4c3ccc4c(c3)C(C)(C)CCC4(C)C)C(C)(C)CCC5(C)C)c3ccc4sc5c(C(C)(C)C)cccc5c4c32)c(-c2ccccc2)c1. The van der Waals surface area contributed by atoms with E-state index < -0.39 is 0 Å². The number of anilines is 6. The summed E-state index contributed by atoms with van der Waals surface area (Å²) in [5, 5.41) is 2.69. The molecule has 8 aromatic carbocycles. The topological polar surface area (TPSA) is 6.48 Å². The van der Waals surface area contributed by atoms with Crippen molar-refractivity contribution in [3.63, 3.8) is 0 Å². The van der Waals surface area contributed by atoms with E-state index >= 15 is 0 Å². The van der Waals surface area contributed by atoms with Gasteiger partial charge in [0, 0.05) is 48.5 Å². The fourth-order valence-corrected chi connectivity index (χ4v) is 15.5. The molecule has 0 amide bonds. The first kappa shape index (κ1) is 49.2.